The second-order valence-corrected chi connectivity index (χ2v) is 6.94. The summed E-state index contributed by atoms with van der Waals surface area (Å²) < 4.78 is 17.2. The van der Waals surface area contributed by atoms with E-state index in [-0.39, 0.29) is 6.29 Å². The molecule has 1 aliphatic rings. The van der Waals surface area contributed by atoms with Crippen molar-refractivity contribution < 1.29 is 14.2 Å². The Labute approximate surface area is 170 Å². The number of pyridine rings is 1. The standard InChI is InChI=1S/C23H25N3O3/c1-27-21-10-9-20(14-22(21)29-23-8-4-12-28-23)26(16-17-5-3-11-25-15-17)19-7-2-6-18(24)13-19/h2-3,5-7,9-11,13-15,23H,4,8,12,16,24H2,1H3. The van der Waals surface area contributed by atoms with Crippen molar-refractivity contribution in [2.24, 2.45) is 0 Å². The van der Waals surface area contributed by atoms with Gasteiger partial charge in [-0.15, -0.1) is 0 Å². The fraction of sp³-hybridized carbons (Fsp3) is 0.261. The lowest BCUT2D eigenvalue weighted by Crippen LogP contribution is -2.18. The summed E-state index contributed by atoms with van der Waals surface area (Å²) in [7, 11) is 1.64. The van der Waals surface area contributed by atoms with Crippen LogP contribution in [0.2, 0.25) is 0 Å². The Hall–Kier alpha value is -3.25. The zero-order chi connectivity index (χ0) is 20.1. The van der Waals surface area contributed by atoms with Crippen molar-refractivity contribution in [2.45, 2.75) is 25.7 Å². The third kappa shape index (κ3) is 4.60. The molecule has 1 aliphatic heterocycles. The largest absolute Gasteiger partial charge is 0.493 e. The summed E-state index contributed by atoms with van der Waals surface area (Å²) in [5.74, 6) is 1.34. The van der Waals surface area contributed by atoms with Gasteiger partial charge in [0.05, 0.1) is 13.7 Å². The minimum absolute atomic E-state index is 0.238. The molecule has 0 bridgehead atoms. The second-order valence-electron chi connectivity index (χ2n) is 6.94. The number of nitrogens with two attached hydrogens (primary N) is 1. The Balaban J connectivity index is 1.71. The quantitative estimate of drug-likeness (QED) is 0.597. The van der Waals surface area contributed by atoms with Crippen molar-refractivity contribution in [1.29, 1.82) is 0 Å². The van der Waals surface area contributed by atoms with Gasteiger partial charge in [-0.1, -0.05) is 12.1 Å². The molecule has 1 atom stereocenters. The van der Waals surface area contributed by atoms with Crippen molar-refractivity contribution in [3.05, 3.63) is 72.6 Å². The van der Waals surface area contributed by atoms with Crippen LogP contribution in [-0.2, 0) is 11.3 Å². The van der Waals surface area contributed by atoms with Crippen LogP contribution in [0.3, 0.4) is 0 Å². The van der Waals surface area contributed by atoms with Crippen molar-refractivity contribution in [3.63, 3.8) is 0 Å². The van der Waals surface area contributed by atoms with E-state index in [0.717, 1.165) is 36.4 Å². The Morgan fingerprint density at radius 2 is 2.00 bits per heavy atom. The zero-order valence-electron chi connectivity index (χ0n) is 16.5. The van der Waals surface area contributed by atoms with Crippen LogP contribution in [0.5, 0.6) is 11.5 Å². The van der Waals surface area contributed by atoms with E-state index in [1.54, 1.807) is 13.3 Å². The smallest absolute Gasteiger partial charge is 0.200 e. The van der Waals surface area contributed by atoms with E-state index in [1.165, 1.54) is 0 Å². The summed E-state index contributed by atoms with van der Waals surface area (Å²) in [6.45, 7) is 1.37. The van der Waals surface area contributed by atoms with Gasteiger partial charge in [-0.3, -0.25) is 4.98 Å². The van der Waals surface area contributed by atoms with Crippen LogP contribution in [0.25, 0.3) is 0 Å². The number of hydrogen-bond acceptors (Lipinski definition) is 6. The summed E-state index contributed by atoms with van der Waals surface area (Å²) in [5, 5.41) is 0. The fourth-order valence-corrected chi connectivity index (χ4v) is 3.41. The van der Waals surface area contributed by atoms with Crippen molar-refractivity contribution in [3.8, 4) is 11.5 Å². The third-order valence-electron chi connectivity index (χ3n) is 4.85. The third-order valence-corrected chi connectivity index (χ3v) is 4.85. The number of nitrogens with zero attached hydrogens (tertiary/aromatic N) is 2. The van der Waals surface area contributed by atoms with Crippen LogP contribution >= 0.6 is 0 Å². The van der Waals surface area contributed by atoms with Crippen LogP contribution in [-0.4, -0.2) is 25.0 Å². The number of nitrogen functional groups attached to an aromatic ring is 1. The van der Waals surface area contributed by atoms with Gasteiger partial charge in [0, 0.05) is 48.5 Å². The molecule has 6 heteroatoms. The molecule has 0 saturated carbocycles. The molecular formula is C23H25N3O3. The van der Waals surface area contributed by atoms with Gasteiger partial charge in [-0.05, 0) is 48.4 Å². The molecule has 1 aromatic heterocycles. The molecule has 29 heavy (non-hydrogen) atoms. The minimum atomic E-state index is -0.238. The highest BCUT2D eigenvalue weighted by atomic mass is 16.7. The highest BCUT2D eigenvalue weighted by Gasteiger charge is 2.20. The molecule has 3 aromatic rings. The van der Waals surface area contributed by atoms with Crippen LogP contribution in [0.1, 0.15) is 18.4 Å². The molecule has 1 fully saturated rings. The predicted octanol–water partition coefficient (Wildman–Crippen LogP) is 4.53. The van der Waals surface area contributed by atoms with Gasteiger partial charge in [0.25, 0.3) is 0 Å². The van der Waals surface area contributed by atoms with Gasteiger partial charge in [-0.2, -0.15) is 0 Å². The molecule has 0 spiro atoms. The molecule has 1 saturated heterocycles. The van der Waals surface area contributed by atoms with Crippen LogP contribution < -0.4 is 20.1 Å². The number of methoxy groups -OCH3 is 1. The number of ether oxygens (including phenoxy) is 3. The first-order chi connectivity index (χ1) is 14.2. The molecular weight excluding hydrogens is 366 g/mol. The molecule has 0 aliphatic carbocycles. The monoisotopic (exact) mass is 391 g/mol. The maximum absolute atomic E-state index is 6.09. The van der Waals surface area contributed by atoms with E-state index in [9.17, 15) is 0 Å². The lowest BCUT2D eigenvalue weighted by molar-refractivity contribution is -0.0402. The van der Waals surface area contributed by atoms with Gasteiger partial charge in [0.15, 0.2) is 17.8 Å². The zero-order valence-corrected chi connectivity index (χ0v) is 16.5. The van der Waals surface area contributed by atoms with Gasteiger partial charge in [0.1, 0.15) is 0 Å². The van der Waals surface area contributed by atoms with Crippen LogP contribution in [0.4, 0.5) is 17.1 Å². The molecule has 4 rings (SSSR count). The Bertz CT molecular complexity index is 943. The van der Waals surface area contributed by atoms with Crippen molar-refractivity contribution in [2.75, 3.05) is 24.4 Å². The number of rotatable bonds is 7. The van der Waals surface area contributed by atoms with Crippen molar-refractivity contribution >= 4 is 17.1 Å². The van der Waals surface area contributed by atoms with E-state index in [4.69, 9.17) is 19.9 Å². The van der Waals surface area contributed by atoms with E-state index in [0.29, 0.717) is 23.7 Å². The molecule has 2 heterocycles. The molecule has 2 N–H and O–H groups in total. The van der Waals surface area contributed by atoms with E-state index >= 15 is 0 Å². The first-order valence-electron chi connectivity index (χ1n) is 9.71. The Morgan fingerprint density at radius 1 is 1.10 bits per heavy atom. The molecule has 150 valence electrons. The average Bonchev–Trinajstić information content (AvgIpc) is 3.26. The van der Waals surface area contributed by atoms with Gasteiger partial charge in [-0.25, -0.2) is 0 Å². The Morgan fingerprint density at radius 3 is 2.72 bits per heavy atom. The average molecular weight is 391 g/mol. The normalized spacial score (nSPS) is 15.8. The highest BCUT2D eigenvalue weighted by Crippen LogP contribution is 2.37. The summed E-state index contributed by atoms with van der Waals surface area (Å²) in [5.41, 5.74) is 9.81. The Kier molecular flexibility index (Phi) is 5.81. The van der Waals surface area contributed by atoms with E-state index in [1.807, 2.05) is 54.7 Å². The summed E-state index contributed by atoms with van der Waals surface area (Å²) in [4.78, 5) is 6.42. The highest BCUT2D eigenvalue weighted by molar-refractivity contribution is 5.69. The van der Waals surface area contributed by atoms with Crippen molar-refractivity contribution in [1.82, 2.24) is 4.98 Å². The maximum atomic E-state index is 6.09. The second kappa shape index (κ2) is 8.84. The van der Waals surface area contributed by atoms with Crippen LogP contribution in [0, 0.1) is 0 Å². The van der Waals surface area contributed by atoms with Gasteiger partial charge >= 0.3 is 0 Å². The molecule has 1 unspecified atom stereocenters. The maximum Gasteiger partial charge on any atom is 0.200 e. The number of anilines is 3. The summed E-state index contributed by atoms with van der Waals surface area (Å²) in [6, 6.07) is 17.7. The first-order valence-corrected chi connectivity index (χ1v) is 9.71. The van der Waals surface area contributed by atoms with Gasteiger partial charge < -0.3 is 24.8 Å². The van der Waals surface area contributed by atoms with Crippen LogP contribution in [0.15, 0.2) is 67.0 Å². The topological polar surface area (TPSA) is 69.8 Å². The number of aromatic nitrogens is 1. The summed E-state index contributed by atoms with van der Waals surface area (Å²) >= 11 is 0. The minimum Gasteiger partial charge on any atom is -0.493 e. The number of benzene rings is 2. The number of hydrogen-bond donors (Lipinski definition) is 1. The lowest BCUT2D eigenvalue weighted by atomic mass is 10.1. The lowest BCUT2D eigenvalue weighted by Gasteiger charge is -2.27. The predicted molar refractivity (Wildman–Crippen MR) is 114 cm³/mol. The molecule has 0 radical (unpaired) electrons. The first kappa shape index (κ1) is 19.1. The fourth-order valence-electron chi connectivity index (χ4n) is 3.41. The van der Waals surface area contributed by atoms with E-state index in [2.05, 4.69) is 16.0 Å². The summed E-state index contributed by atoms with van der Waals surface area (Å²) in [6.07, 6.45) is 5.28. The molecule has 0 amide bonds. The molecule has 6 nitrogen and oxygen atoms in total. The molecule has 2 aromatic carbocycles. The van der Waals surface area contributed by atoms with Gasteiger partial charge in [0.2, 0.25) is 0 Å². The van der Waals surface area contributed by atoms with E-state index < -0.39 is 0 Å². The SMILES string of the molecule is COc1ccc(N(Cc2cccnc2)c2cccc(N)c2)cc1OC1CCCO1.